The van der Waals surface area contributed by atoms with Crippen LogP contribution >= 0.6 is 0 Å². The monoisotopic (exact) mass is 166 g/mol. The van der Waals surface area contributed by atoms with Gasteiger partial charge < -0.3 is 0 Å². The first-order valence-corrected chi connectivity index (χ1v) is 5.67. The summed E-state index contributed by atoms with van der Waals surface area (Å²) in [6, 6.07) is 0. The molecule has 2 fully saturated rings. The summed E-state index contributed by atoms with van der Waals surface area (Å²) in [7, 11) is 0. The van der Waals surface area contributed by atoms with Crippen molar-refractivity contribution >= 4 is 0 Å². The van der Waals surface area contributed by atoms with Crippen molar-refractivity contribution in [1.82, 2.24) is 0 Å². The summed E-state index contributed by atoms with van der Waals surface area (Å²) >= 11 is 0. The molecule has 0 aromatic carbocycles. The van der Waals surface area contributed by atoms with Crippen LogP contribution in [-0.4, -0.2) is 0 Å². The smallest absolute Gasteiger partial charge is 0.0243 e. The molecule has 12 heavy (non-hydrogen) atoms. The van der Waals surface area contributed by atoms with Crippen LogP contribution in [0, 0.1) is 23.2 Å². The van der Waals surface area contributed by atoms with Gasteiger partial charge in [-0.15, -0.1) is 0 Å². The van der Waals surface area contributed by atoms with E-state index in [0.29, 0.717) is 0 Å². The zero-order valence-electron chi connectivity index (χ0n) is 8.77. The van der Waals surface area contributed by atoms with Crippen molar-refractivity contribution in [3.8, 4) is 0 Å². The number of hydrogen-bond donors (Lipinski definition) is 0. The van der Waals surface area contributed by atoms with Crippen molar-refractivity contribution in [1.29, 1.82) is 0 Å². The Bertz CT molecular complexity index is 171. The second kappa shape index (κ2) is 2.75. The molecule has 0 N–H and O–H groups in total. The highest BCUT2D eigenvalue weighted by Crippen LogP contribution is 2.60. The van der Waals surface area contributed by atoms with Crippen LogP contribution in [0.5, 0.6) is 0 Å². The molecule has 0 heteroatoms. The zero-order chi connectivity index (χ0) is 8.77. The molecule has 0 nitrogen and oxygen atoms in total. The topological polar surface area (TPSA) is 0 Å². The van der Waals surface area contributed by atoms with Crippen LogP contribution in [0.25, 0.3) is 0 Å². The molecular formula is C12H22. The Morgan fingerprint density at radius 1 is 1.17 bits per heavy atom. The highest BCUT2D eigenvalue weighted by molar-refractivity contribution is 5.00. The van der Waals surface area contributed by atoms with Crippen molar-refractivity contribution in [2.75, 3.05) is 0 Å². The molecule has 0 saturated heterocycles. The lowest BCUT2D eigenvalue weighted by molar-refractivity contribution is 0.140. The highest BCUT2D eigenvalue weighted by Gasteiger charge is 2.50. The number of hydrogen-bond acceptors (Lipinski definition) is 0. The van der Waals surface area contributed by atoms with Gasteiger partial charge in [0.2, 0.25) is 0 Å². The van der Waals surface area contributed by atoms with Gasteiger partial charge >= 0.3 is 0 Å². The van der Waals surface area contributed by atoms with Gasteiger partial charge in [0, 0.05) is 0 Å². The van der Waals surface area contributed by atoms with Gasteiger partial charge in [-0.2, -0.15) is 0 Å². The van der Waals surface area contributed by atoms with Crippen LogP contribution in [0.2, 0.25) is 0 Å². The van der Waals surface area contributed by atoms with Crippen LogP contribution in [0.3, 0.4) is 0 Å². The number of fused-ring (bicyclic) bond motifs is 1. The molecule has 0 radical (unpaired) electrons. The van der Waals surface area contributed by atoms with Gasteiger partial charge in [0.25, 0.3) is 0 Å². The molecule has 0 aromatic heterocycles. The quantitative estimate of drug-likeness (QED) is 0.555. The molecule has 3 atom stereocenters. The van der Waals surface area contributed by atoms with Gasteiger partial charge in [-0.25, -0.2) is 0 Å². The molecule has 2 aliphatic carbocycles. The van der Waals surface area contributed by atoms with Crippen molar-refractivity contribution in [2.24, 2.45) is 23.2 Å². The standard InChI is InChI=1S/C12H22/c1-9(2)12-7-4-5-11(12)10(3)6-8-12/h9-11H,4-8H2,1-3H3. The molecule has 0 spiro atoms. The maximum Gasteiger partial charge on any atom is -0.0243 e. The van der Waals surface area contributed by atoms with Crippen LogP contribution in [0.15, 0.2) is 0 Å². The predicted octanol–water partition coefficient (Wildman–Crippen LogP) is 3.86. The molecule has 0 aromatic rings. The first-order valence-electron chi connectivity index (χ1n) is 5.67. The Hall–Kier alpha value is 0. The van der Waals surface area contributed by atoms with Crippen molar-refractivity contribution < 1.29 is 0 Å². The molecule has 2 rings (SSSR count). The fourth-order valence-corrected chi connectivity index (χ4v) is 3.99. The Morgan fingerprint density at radius 3 is 2.50 bits per heavy atom. The zero-order valence-corrected chi connectivity index (χ0v) is 8.77. The second-order valence-corrected chi connectivity index (χ2v) is 5.40. The molecule has 0 heterocycles. The Morgan fingerprint density at radius 2 is 1.92 bits per heavy atom. The van der Waals surface area contributed by atoms with Gasteiger partial charge in [0.1, 0.15) is 0 Å². The van der Waals surface area contributed by atoms with Gasteiger partial charge in [-0.1, -0.05) is 27.2 Å². The number of rotatable bonds is 1. The lowest BCUT2D eigenvalue weighted by atomic mass is 9.70. The van der Waals surface area contributed by atoms with Gasteiger partial charge in [0.15, 0.2) is 0 Å². The summed E-state index contributed by atoms with van der Waals surface area (Å²) in [5.41, 5.74) is 0.777. The lowest BCUT2D eigenvalue weighted by Gasteiger charge is -2.35. The predicted molar refractivity (Wildman–Crippen MR) is 53.0 cm³/mol. The van der Waals surface area contributed by atoms with E-state index in [0.717, 1.165) is 23.2 Å². The largest absolute Gasteiger partial charge is 0.0622 e. The van der Waals surface area contributed by atoms with E-state index in [9.17, 15) is 0 Å². The van der Waals surface area contributed by atoms with Crippen molar-refractivity contribution in [3.05, 3.63) is 0 Å². The SMILES string of the molecule is CC1CCC2(C(C)C)CCCC12. The average Bonchev–Trinajstić information content (AvgIpc) is 2.53. The molecule has 0 bridgehead atoms. The van der Waals surface area contributed by atoms with Crippen LogP contribution in [-0.2, 0) is 0 Å². The first kappa shape index (κ1) is 8.59. The van der Waals surface area contributed by atoms with E-state index in [4.69, 9.17) is 0 Å². The maximum atomic E-state index is 2.47. The minimum Gasteiger partial charge on any atom is -0.0622 e. The fraction of sp³-hybridized carbons (Fsp3) is 1.00. The Balaban J connectivity index is 2.23. The Kier molecular flexibility index (Phi) is 1.97. The molecule has 0 aliphatic heterocycles. The minimum atomic E-state index is 0.777. The van der Waals surface area contributed by atoms with E-state index >= 15 is 0 Å². The second-order valence-electron chi connectivity index (χ2n) is 5.40. The first-order chi connectivity index (χ1) is 5.67. The molecule has 3 unspecified atom stereocenters. The summed E-state index contributed by atoms with van der Waals surface area (Å²) in [6.45, 7) is 7.35. The van der Waals surface area contributed by atoms with E-state index in [2.05, 4.69) is 20.8 Å². The van der Waals surface area contributed by atoms with E-state index in [1.165, 1.54) is 32.1 Å². The summed E-state index contributed by atoms with van der Waals surface area (Å²) in [4.78, 5) is 0. The summed E-state index contributed by atoms with van der Waals surface area (Å²) in [5, 5.41) is 0. The van der Waals surface area contributed by atoms with Crippen LogP contribution in [0.4, 0.5) is 0 Å². The van der Waals surface area contributed by atoms with Crippen LogP contribution in [0.1, 0.15) is 52.9 Å². The summed E-state index contributed by atoms with van der Waals surface area (Å²) < 4.78 is 0. The van der Waals surface area contributed by atoms with Crippen molar-refractivity contribution in [3.63, 3.8) is 0 Å². The average molecular weight is 166 g/mol. The third kappa shape index (κ3) is 0.963. The summed E-state index contributed by atoms with van der Waals surface area (Å²) in [5.74, 6) is 3.03. The minimum absolute atomic E-state index is 0.777. The van der Waals surface area contributed by atoms with E-state index < -0.39 is 0 Å². The maximum absolute atomic E-state index is 2.47. The summed E-state index contributed by atoms with van der Waals surface area (Å²) in [6.07, 6.45) is 7.59. The highest BCUT2D eigenvalue weighted by atomic mass is 14.6. The van der Waals surface area contributed by atoms with E-state index in [1.54, 1.807) is 0 Å². The van der Waals surface area contributed by atoms with E-state index in [-0.39, 0.29) is 0 Å². The molecule has 0 amide bonds. The van der Waals surface area contributed by atoms with Gasteiger partial charge in [0.05, 0.1) is 0 Å². The molecular weight excluding hydrogens is 144 g/mol. The molecule has 70 valence electrons. The Labute approximate surface area is 76.7 Å². The molecule has 2 aliphatic rings. The van der Waals surface area contributed by atoms with Crippen molar-refractivity contribution in [2.45, 2.75) is 52.9 Å². The third-order valence-corrected chi connectivity index (χ3v) is 4.80. The van der Waals surface area contributed by atoms with E-state index in [1.807, 2.05) is 0 Å². The van der Waals surface area contributed by atoms with Crippen LogP contribution < -0.4 is 0 Å². The van der Waals surface area contributed by atoms with Gasteiger partial charge in [-0.05, 0) is 48.9 Å². The normalized spacial score (nSPS) is 47.0. The lowest BCUT2D eigenvalue weighted by Crippen LogP contribution is -2.28. The fourth-order valence-electron chi connectivity index (χ4n) is 3.99. The molecule has 2 saturated carbocycles. The third-order valence-electron chi connectivity index (χ3n) is 4.80. The van der Waals surface area contributed by atoms with Gasteiger partial charge in [-0.3, -0.25) is 0 Å².